The number of nitrogens with one attached hydrogen (secondary N) is 1. The lowest BCUT2D eigenvalue weighted by atomic mass is 9.85. The van der Waals surface area contributed by atoms with Crippen LogP contribution in [0.1, 0.15) is 36.8 Å². The Morgan fingerprint density at radius 1 is 1.35 bits per heavy atom. The lowest BCUT2D eigenvalue weighted by Gasteiger charge is -2.26. The van der Waals surface area contributed by atoms with Crippen molar-refractivity contribution >= 4 is 33.8 Å². The number of halogens is 1. The highest BCUT2D eigenvalue weighted by Gasteiger charge is 2.25. The fourth-order valence-corrected chi connectivity index (χ4v) is 3.84. The van der Waals surface area contributed by atoms with Gasteiger partial charge < -0.3 is 11.1 Å². The Morgan fingerprint density at radius 3 is 2.65 bits per heavy atom. The summed E-state index contributed by atoms with van der Waals surface area (Å²) in [6, 6.07) is 5.46. The van der Waals surface area contributed by atoms with E-state index in [1.165, 1.54) is 6.26 Å². The normalized spacial score (nSPS) is 21.3. The largest absolute Gasteiger partial charge is 0.328 e. The molecule has 1 aliphatic carbocycles. The summed E-state index contributed by atoms with van der Waals surface area (Å²) in [5.41, 5.74) is 8.15. The quantitative estimate of drug-likeness (QED) is 0.862. The maximum absolute atomic E-state index is 12.4. The predicted molar refractivity (Wildman–Crippen MR) is 95.5 cm³/mol. The van der Waals surface area contributed by atoms with Gasteiger partial charge in [-0.25, -0.2) is 8.42 Å². The molecular formula is C16H25ClN2O3S. The third kappa shape index (κ3) is 5.79. The average Bonchev–Trinajstić information content (AvgIpc) is 2.42. The van der Waals surface area contributed by atoms with E-state index in [4.69, 9.17) is 5.73 Å². The van der Waals surface area contributed by atoms with E-state index in [0.717, 1.165) is 30.4 Å². The lowest BCUT2D eigenvalue weighted by molar-refractivity contribution is -0.120. The Balaban J connectivity index is 0.00000264. The average molecular weight is 361 g/mol. The summed E-state index contributed by atoms with van der Waals surface area (Å²) in [6.45, 7) is 1.84. The monoisotopic (exact) mass is 360 g/mol. The third-order valence-electron chi connectivity index (χ3n) is 4.21. The number of hydrogen-bond donors (Lipinski definition) is 2. The van der Waals surface area contributed by atoms with Crippen molar-refractivity contribution in [2.45, 2.75) is 44.4 Å². The van der Waals surface area contributed by atoms with Crippen molar-refractivity contribution in [3.8, 4) is 0 Å². The van der Waals surface area contributed by atoms with Crippen LogP contribution in [0.5, 0.6) is 0 Å². The fraction of sp³-hybridized carbons (Fsp3) is 0.562. The smallest absolute Gasteiger partial charge is 0.227 e. The van der Waals surface area contributed by atoms with E-state index in [0.29, 0.717) is 12.1 Å². The minimum absolute atomic E-state index is 0. The molecule has 1 saturated carbocycles. The van der Waals surface area contributed by atoms with Crippen molar-refractivity contribution in [2.75, 3.05) is 11.6 Å². The molecule has 130 valence electrons. The summed E-state index contributed by atoms with van der Waals surface area (Å²) in [5.74, 6) is -0.0897. The molecule has 0 aliphatic heterocycles. The molecular weight excluding hydrogens is 336 g/mol. The zero-order valence-corrected chi connectivity index (χ0v) is 15.2. The van der Waals surface area contributed by atoms with Crippen LogP contribution in [-0.2, 0) is 20.4 Å². The number of benzene rings is 1. The minimum atomic E-state index is -3.10. The zero-order chi connectivity index (χ0) is 16.3. The highest BCUT2D eigenvalue weighted by atomic mass is 35.5. The number of nitrogens with two attached hydrogens (primary N) is 1. The van der Waals surface area contributed by atoms with Gasteiger partial charge in [-0.05, 0) is 43.4 Å². The van der Waals surface area contributed by atoms with Gasteiger partial charge in [-0.2, -0.15) is 0 Å². The third-order valence-corrected chi connectivity index (χ3v) is 5.04. The number of anilines is 1. The van der Waals surface area contributed by atoms with E-state index in [1.54, 1.807) is 12.1 Å². The fourth-order valence-electron chi connectivity index (χ4n) is 2.96. The molecule has 1 aromatic rings. The molecule has 0 heterocycles. The highest BCUT2D eigenvalue weighted by molar-refractivity contribution is 7.89. The lowest BCUT2D eigenvalue weighted by Crippen LogP contribution is -2.34. The maximum Gasteiger partial charge on any atom is 0.227 e. The van der Waals surface area contributed by atoms with Crippen molar-refractivity contribution in [1.82, 2.24) is 0 Å². The Kier molecular flexibility index (Phi) is 7.04. The molecule has 1 aliphatic rings. The molecule has 2 rings (SSSR count). The van der Waals surface area contributed by atoms with Gasteiger partial charge in [0.15, 0.2) is 9.84 Å². The van der Waals surface area contributed by atoms with Gasteiger partial charge in [-0.3, -0.25) is 4.79 Å². The van der Waals surface area contributed by atoms with Gasteiger partial charge in [0.1, 0.15) is 0 Å². The second kappa shape index (κ2) is 8.13. The molecule has 0 radical (unpaired) electrons. The number of carbonyl (C=O) groups excluding carboxylic acids is 1. The van der Waals surface area contributed by atoms with E-state index in [1.807, 2.05) is 13.0 Å². The molecule has 0 saturated heterocycles. The first-order valence-electron chi connectivity index (χ1n) is 7.59. The second-order valence-electron chi connectivity index (χ2n) is 6.27. The molecule has 0 spiro atoms. The molecule has 2 atom stereocenters. The number of hydrogen-bond acceptors (Lipinski definition) is 4. The van der Waals surface area contributed by atoms with Crippen molar-refractivity contribution in [3.63, 3.8) is 0 Å². The van der Waals surface area contributed by atoms with Crippen LogP contribution in [0.3, 0.4) is 0 Å². The number of carbonyl (C=O) groups is 1. The summed E-state index contributed by atoms with van der Waals surface area (Å²) in [7, 11) is -3.10. The molecule has 1 amide bonds. The van der Waals surface area contributed by atoms with Crippen LogP contribution in [0.2, 0.25) is 0 Å². The molecule has 1 aromatic carbocycles. The van der Waals surface area contributed by atoms with Crippen molar-refractivity contribution in [1.29, 1.82) is 0 Å². The van der Waals surface area contributed by atoms with Gasteiger partial charge in [0.25, 0.3) is 0 Å². The van der Waals surface area contributed by atoms with Gasteiger partial charge in [-0.15, -0.1) is 12.4 Å². The van der Waals surface area contributed by atoms with Crippen molar-refractivity contribution in [3.05, 3.63) is 29.3 Å². The van der Waals surface area contributed by atoms with Gasteiger partial charge in [0.05, 0.1) is 5.75 Å². The Bertz CT molecular complexity index is 661. The standard InChI is InChI=1S/C16H24N2O3S.ClH/c1-11-13(10-22(2,20)21)6-4-8-15(11)18-16(19)12-5-3-7-14(17)9-12;/h4,6,8,12,14H,3,5,7,9-10,17H2,1-2H3,(H,18,19);1H. The summed E-state index contributed by atoms with van der Waals surface area (Å²) >= 11 is 0. The summed E-state index contributed by atoms with van der Waals surface area (Å²) in [6.07, 6.45) is 4.75. The number of sulfone groups is 1. The Hall–Kier alpha value is -1.11. The minimum Gasteiger partial charge on any atom is -0.328 e. The van der Waals surface area contributed by atoms with Crippen LogP contribution in [-0.4, -0.2) is 26.6 Å². The summed E-state index contributed by atoms with van der Waals surface area (Å²) < 4.78 is 22.9. The first-order chi connectivity index (χ1) is 10.3. The van der Waals surface area contributed by atoms with Crippen LogP contribution in [0.4, 0.5) is 5.69 Å². The molecule has 7 heteroatoms. The van der Waals surface area contributed by atoms with Gasteiger partial charge in [-0.1, -0.05) is 18.6 Å². The number of rotatable bonds is 4. The van der Waals surface area contributed by atoms with E-state index in [-0.39, 0.29) is 36.0 Å². The Labute approximate surface area is 144 Å². The topological polar surface area (TPSA) is 89.3 Å². The van der Waals surface area contributed by atoms with Crippen LogP contribution in [0.15, 0.2) is 18.2 Å². The van der Waals surface area contributed by atoms with Crippen LogP contribution >= 0.6 is 12.4 Å². The first kappa shape index (κ1) is 19.9. The number of amides is 1. The van der Waals surface area contributed by atoms with Gasteiger partial charge >= 0.3 is 0 Å². The molecule has 1 fully saturated rings. The van der Waals surface area contributed by atoms with Crippen molar-refractivity contribution in [2.24, 2.45) is 11.7 Å². The van der Waals surface area contributed by atoms with Crippen LogP contribution < -0.4 is 11.1 Å². The van der Waals surface area contributed by atoms with Crippen LogP contribution in [0, 0.1) is 12.8 Å². The molecule has 2 unspecified atom stereocenters. The molecule has 0 aromatic heterocycles. The zero-order valence-electron chi connectivity index (χ0n) is 13.5. The van der Waals surface area contributed by atoms with E-state index in [9.17, 15) is 13.2 Å². The van der Waals surface area contributed by atoms with Crippen LogP contribution in [0.25, 0.3) is 0 Å². The maximum atomic E-state index is 12.4. The first-order valence-corrected chi connectivity index (χ1v) is 9.65. The highest BCUT2D eigenvalue weighted by Crippen LogP contribution is 2.26. The van der Waals surface area contributed by atoms with E-state index >= 15 is 0 Å². The van der Waals surface area contributed by atoms with E-state index in [2.05, 4.69) is 5.32 Å². The molecule has 3 N–H and O–H groups in total. The molecule has 0 bridgehead atoms. The van der Waals surface area contributed by atoms with E-state index < -0.39 is 9.84 Å². The second-order valence-corrected chi connectivity index (χ2v) is 8.41. The SMILES string of the molecule is Cc1c(CS(C)(=O)=O)cccc1NC(=O)C1CCCC(N)C1.Cl. The molecule has 5 nitrogen and oxygen atoms in total. The van der Waals surface area contributed by atoms with Crippen molar-refractivity contribution < 1.29 is 13.2 Å². The van der Waals surface area contributed by atoms with Gasteiger partial charge in [0.2, 0.25) is 5.91 Å². The summed E-state index contributed by atoms with van der Waals surface area (Å²) in [5, 5.41) is 2.94. The van der Waals surface area contributed by atoms with Gasteiger partial charge in [0, 0.05) is 23.9 Å². The Morgan fingerprint density at radius 2 is 2.04 bits per heavy atom. The predicted octanol–water partition coefficient (Wildman–Crippen LogP) is 2.42. The summed E-state index contributed by atoms with van der Waals surface area (Å²) in [4.78, 5) is 12.4. The molecule has 23 heavy (non-hydrogen) atoms.